The maximum absolute atomic E-state index is 10.6. The summed E-state index contributed by atoms with van der Waals surface area (Å²) in [4.78, 5) is 10.1. The molecular weight excluding hydrogens is 284 g/mol. The van der Waals surface area contributed by atoms with E-state index in [-0.39, 0.29) is 12.2 Å². The number of rotatable bonds is 7. The molecule has 0 amide bonds. The van der Waals surface area contributed by atoms with Gasteiger partial charge in [0.1, 0.15) is 0 Å². The fraction of sp³-hybridized carbons (Fsp3) is 0.250. The van der Waals surface area contributed by atoms with Crippen molar-refractivity contribution in [1.29, 1.82) is 0 Å². The van der Waals surface area contributed by atoms with Crippen LogP contribution in [0.2, 0.25) is 0 Å². The zero-order valence-electron chi connectivity index (χ0n) is 11.9. The van der Waals surface area contributed by atoms with Gasteiger partial charge in [0.2, 0.25) is 0 Å². The quantitative estimate of drug-likeness (QED) is 0.536. The summed E-state index contributed by atoms with van der Waals surface area (Å²) in [6.07, 6.45) is -1.44. The lowest BCUT2D eigenvalue weighted by atomic mass is 10.1. The smallest absolute Gasteiger partial charge is 0.269 e. The summed E-state index contributed by atoms with van der Waals surface area (Å²) in [6, 6.07) is 15.0. The van der Waals surface area contributed by atoms with E-state index in [0.717, 1.165) is 5.56 Å². The molecule has 22 heavy (non-hydrogen) atoms. The highest BCUT2D eigenvalue weighted by atomic mass is 16.6. The predicted octanol–water partition coefficient (Wildman–Crippen LogP) is 1.95. The third-order valence-corrected chi connectivity index (χ3v) is 3.35. The zero-order chi connectivity index (χ0) is 15.9. The number of nitro benzene ring substituents is 1. The van der Waals surface area contributed by atoms with E-state index in [2.05, 4.69) is 5.32 Å². The van der Waals surface area contributed by atoms with E-state index in [9.17, 15) is 20.3 Å². The van der Waals surface area contributed by atoms with Gasteiger partial charge in [-0.2, -0.15) is 0 Å². The zero-order valence-corrected chi connectivity index (χ0v) is 11.9. The third-order valence-electron chi connectivity index (χ3n) is 3.35. The number of nitrogens with one attached hydrogen (secondary N) is 1. The number of aliphatic hydroxyl groups excluding tert-OH is 2. The molecule has 6 heteroatoms. The molecule has 0 bridgehead atoms. The molecule has 2 aromatic carbocycles. The summed E-state index contributed by atoms with van der Waals surface area (Å²) in [5.74, 6) is 0. The van der Waals surface area contributed by atoms with Gasteiger partial charge in [-0.1, -0.05) is 30.3 Å². The summed E-state index contributed by atoms with van der Waals surface area (Å²) in [5, 5.41) is 33.6. The first-order valence-electron chi connectivity index (χ1n) is 6.94. The van der Waals surface area contributed by atoms with Crippen LogP contribution in [0.1, 0.15) is 23.3 Å². The molecule has 2 rings (SSSR count). The molecule has 0 aromatic heterocycles. The largest absolute Gasteiger partial charge is 0.387 e. The Bertz CT molecular complexity index is 601. The van der Waals surface area contributed by atoms with Gasteiger partial charge in [-0.25, -0.2) is 0 Å². The second-order valence-electron chi connectivity index (χ2n) is 4.95. The molecule has 0 spiro atoms. The fourth-order valence-corrected chi connectivity index (χ4v) is 2.09. The van der Waals surface area contributed by atoms with Gasteiger partial charge in [0, 0.05) is 25.2 Å². The lowest BCUT2D eigenvalue weighted by Gasteiger charge is -2.15. The SMILES string of the molecule is O=[N+]([O-])c1ccc([C@H](O)CNC[C@@H](O)c2ccccc2)cc1. The summed E-state index contributed by atoms with van der Waals surface area (Å²) in [7, 11) is 0. The second kappa shape index (κ2) is 7.65. The van der Waals surface area contributed by atoms with E-state index in [1.54, 1.807) is 0 Å². The maximum atomic E-state index is 10.6. The van der Waals surface area contributed by atoms with Crippen molar-refractivity contribution >= 4 is 5.69 Å². The minimum atomic E-state index is -0.788. The number of aliphatic hydroxyl groups is 2. The van der Waals surface area contributed by atoms with Gasteiger partial charge >= 0.3 is 0 Å². The van der Waals surface area contributed by atoms with E-state index < -0.39 is 17.1 Å². The topological polar surface area (TPSA) is 95.6 Å². The molecule has 0 aliphatic carbocycles. The van der Waals surface area contributed by atoms with E-state index in [1.807, 2.05) is 30.3 Å². The summed E-state index contributed by atoms with van der Waals surface area (Å²) >= 11 is 0. The fourth-order valence-electron chi connectivity index (χ4n) is 2.09. The van der Waals surface area contributed by atoms with Crippen molar-refractivity contribution < 1.29 is 15.1 Å². The van der Waals surface area contributed by atoms with Crippen molar-refractivity contribution in [3.63, 3.8) is 0 Å². The molecule has 2 aromatic rings. The van der Waals surface area contributed by atoms with Crippen molar-refractivity contribution in [2.75, 3.05) is 13.1 Å². The first-order valence-corrected chi connectivity index (χ1v) is 6.94. The van der Waals surface area contributed by atoms with E-state index in [4.69, 9.17) is 0 Å². The molecule has 0 radical (unpaired) electrons. The van der Waals surface area contributed by atoms with Crippen LogP contribution in [0, 0.1) is 10.1 Å². The van der Waals surface area contributed by atoms with Crippen molar-refractivity contribution in [2.24, 2.45) is 0 Å². The first-order chi connectivity index (χ1) is 10.6. The van der Waals surface area contributed by atoms with Gasteiger partial charge < -0.3 is 15.5 Å². The molecule has 3 N–H and O–H groups in total. The number of non-ortho nitro benzene ring substituents is 1. The van der Waals surface area contributed by atoms with Crippen molar-refractivity contribution in [3.05, 3.63) is 75.8 Å². The lowest BCUT2D eigenvalue weighted by Crippen LogP contribution is -2.26. The minimum Gasteiger partial charge on any atom is -0.387 e. The van der Waals surface area contributed by atoms with E-state index in [1.165, 1.54) is 24.3 Å². The normalized spacial score (nSPS) is 13.5. The Morgan fingerprint density at radius 3 is 1.91 bits per heavy atom. The van der Waals surface area contributed by atoms with Crippen LogP contribution in [0.15, 0.2) is 54.6 Å². The second-order valence-corrected chi connectivity index (χ2v) is 4.95. The predicted molar refractivity (Wildman–Crippen MR) is 82.3 cm³/mol. The Morgan fingerprint density at radius 2 is 1.41 bits per heavy atom. The van der Waals surface area contributed by atoms with Crippen LogP contribution in [-0.4, -0.2) is 28.2 Å². The molecule has 116 valence electrons. The highest BCUT2D eigenvalue weighted by molar-refractivity contribution is 5.33. The van der Waals surface area contributed by atoms with Crippen molar-refractivity contribution in [2.45, 2.75) is 12.2 Å². The highest BCUT2D eigenvalue weighted by Crippen LogP contribution is 2.17. The highest BCUT2D eigenvalue weighted by Gasteiger charge is 2.12. The number of hydrogen-bond donors (Lipinski definition) is 3. The molecule has 0 aliphatic rings. The van der Waals surface area contributed by atoms with Crippen molar-refractivity contribution in [3.8, 4) is 0 Å². The Morgan fingerprint density at radius 1 is 0.909 bits per heavy atom. The van der Waals surface area contributed by atoms with Gasteiger partial charge in [0.15, 0.2) is 0 Å². The Hall–Kier alpha value is -2.28. The van der Waals surface area contributed by atoms with Gasteiger partial charge in [-0.3, -0.25) is 10.1 Å². The van der Waals surface area contributed by atoms with Crippen LogP contribution < -0.4 is 5.32 Å². The number of hydrogen-bond acceptors (Lipinski definition) is 5. The molecular formula is C16H18N2O4. The Kier molecular flexibility index (Phi) is 5.60. The first kappa shape index (κ1) is 16.1. The number of nitrogens with zero attached hydrogens (tertiary/aromatic N) is 1. The molecule has 0 unspecified atom stereocenters. The van der Waals surface area contributed by atoms with Crippen LogP contribution in [0.4, 0.5) is 5.69 Å². The van der Waals surface area contributed by atoms with Crippen LogP contribution in [-0.2, 0) is 0 Å². The molecule has 2 atom stereocenters. The van der Waals surface area contributed by atoms with Crippen molar-refractivity contribution in [1.82, 2.24) is 5.32 Å². The summed E-state index contributed by atoms with van der Waals surface area (Å²) in [5.41, 5.74) is 1.38. The average molecular weight is 302 g/mol. The van der Waals surface area contributed by atoms with Gasteiger partial charge in [0.25, 0.3) is 5.69 Å². The Balaban J connectivity index is 1.82. The van der Waals surface area contributed by atoms with E-state index in [0.29, 0.717) is 12.1 Å². The third kappa shape index (κ3) is 4.36. The van der Waals surface area contributed by atoms with Gasteiger partial charge in [-0.05, 0) is 23.3 Å². The standard InChI is InChI=1S/C16H18N2O4/c19-15(12-4-2-1-3-5-12)10-17-11-16(20)13-6-8-14(9-7-13)18(21)22/h1-9,15-17,19-20H,10-11H2/t15-,16-/m1/s1. The van der Waals surface area contributed by atoms with Crippen LogP contribution in [0.25, 0.3) is 0 Å². The van der Waals surface area contributed by atoms with Gasteiger partial charge in [-0.15, -0.1) is 0 Å². The summed E-state index contributed by atoms with van der Waals surface area (Å²) in [6.45, 7) is 0.565. The molecule has 0 heterocycles. The molecule has 6 nitrogen and oxygen atoms in total. The molecule has 0 saturated carbocycles. The van der Waals surface area contributed by atoms with Crippen LogP contribution in [0.3, 0.4) is 0 Å². The minimum absolute atomic E-state index is 0.0107. The monoisotopic (exact) mass is 302 g/mol. The van der Waals surface area contributed by atoms with Gasteiger partial charge in [0.05, 0.1) is 17.1 Å². The van der Waals surface area contributed by atoms with Crippen LogP contribution in [0.5, 0.6) is 0 Å². The average Bonchev–Trinajstić information content (AvgIpc) is 2.55. The summed E-state index contributed by atoms with van der Waals surface area (Å²) < 4.78 is 0. The molecule has 0 aliphatic heterocycles. The number of benzene rings is 2. The number of nitro groups is 1. The Labute approximate surface area is 128 Å². The molecule has 0 saturated heterocycles. The lowest BCUT2D eigenvalue weighted by molar-refractivity contribution is -0.384. The maximum Gasteiger partial charge on any atom is 0.269 e. The molecule has 0 fully saturated rings. The van der Waals surface area contributed by atoms with E-state index >= 15 is 0 Å². The van der Waals surface area contributed by atoms with Crippen LogP contribution >= 0.6 is 0 Å².